The van der Waals surface area contributed by atoms with Gasteiger partial charge in [-0.05, 0) is 6.92 Å². The molecule has 5 nitrogen and oxygen atoms in total. The molecule has 5 heteroatoms. The largest absolute Gasteiger partial charge is 0.465 e. The first-order valence-corrected chi connectivity index (χ1v) is 3.80. The zero-order chi connectivity index (χ0) is 9.19. The van der Waals surface area contributed by atoms with E-state index in [1.807, 2.05) is 0 Å². The van der Waals surface area contributed by atoms with Crippen molar-refractivity contribution in [2.75, 3.05) is 26.3 Å². The number of hydrogen-bond acceptors (Lipinski definition) is 3. The molecule has 0 saturated carbocycles. The van der Waals surface area contributed by atoms with Crippen LogP contribution < -0.4 is 0 Å². The summed E-state index contributed by atoms with van der Waals surface area (Å²) in [7, 11) is 0. The van der Waals surface area contributed by atoms with E-state index in [1.165, 1.54) is 4.90 Å². The van der Waals surface area contributed by atoms with Crippen LogP contribution in [0.25, 0.3) is 0 Å². The second-order valence-electron chi connectivity index (χ2n) is 3.16. The maximum absolute atomic E-state index is 10.5. The Kier molecular flexibility index (Phi) is 2.54. The molecule has 1 aliphatic rings. The summed E-state index contributed by atoms with van der Waals surface area (Å²) < 4.78 is 5.24. The van der Waals surface area contributed by atoms with Gasteiger partial charge in [-0.1, -0.05) is 0 Å². The fourth-order valence-electron chi connectivity index (χ4n) is 1.19. The van der Waals surface area contributed by atoms with Gasteiger partial charge in [0.2, 0.25) is 0 Å². The molecule has 12 heavy (non-hydrogen) atoms. The number of morpholine rings is 1. The first-order valence-electron chi connectivity index (χ1n) is 3.80. The fourth-order valence-corrected chi connectivity index (χ4v) is 1.19. The van der Waals surface area contributed by atoms with E-state index in [1.54, 1.807) is 6.92 Å². The third kappa shape index (κ3) is 1.86. The number of aliphatic hydroxyl groups excluding tert-OH is 1. The summed E-state index contributed by atoms with van der Waals surface area (Å²) in [5.74, 6) is 0. The Morgan fingerprint density at radius 1 is 1.75 bits per heavy atom. The minimum Gasteiger partial charge on any atom is -0.465 e. The molecule has 1 atom stereocenters. The second-order valence-corrected chi connectivity index (χ2v) is 3.16. The van der Waals surface area contributed by atoms with Crippen LogP contribution in [0.1, 0.15) is 6.92 Å². The average molecular weight is 175 g/mol. The topological polar surface area (TPSA) is 70.0 Å². The molecule has 0 aliphatic carbocycles. The number of ether oxygens (including phenoxy) is 1. The van der Waals surface area contributed by atoms with Crippen molar-refractivity contribution in [2.24, 2.45) is 0 Å². The van der Waals surface area contributed by atoms with Crippen LogP contribution in [0.4, 0.5) is 4.79 Å². The van der Waals surface area contributed by atoms with Crippen LogP contribution in [0, 0.1) is 0 Å². The van der Waals surface area contributed by atoms with Gasteiger partial charge in [-0.15, -0.1) is 0 Å². The number of amides is 1. The smallest absolute Gasteiger partial charge is 0.407 e. The standard InChI is InChI=1S/C7H13NO4/c1-7(5-9)4-8(6(10)11)2-3-12-7/h9H,2-5H2,1H3,(H,10,11)/t7-/m1/s1. The molecule has 0 aromatic heterocycles. The predicted molar refractivity (Wildman–Crippen MR) is 41.0 cm³/mol. The summed E-state index contributed by atoms with van der Waals surface area (Å²) in [4.78, 5) is 11.8. The van der Waals surface area contributed by atoms with E-state index in [2.05, 4.69) is 0 Å². The lowest BCUT2D eigenvalue weighted by Crippen LogP contribution is -2.53. The molecule has 0 radical (unpaired) electrons. The maximum Gasteiger partial charge on any atom is 0.407 e. The van der Waals surface area contributed by atoms with E-state index in [9.17, 15) is 4.79 Å². The minimum absolute atomic E-state index is 0.156. The Hall–Kier alpha value is -0.810. The summed E-state index contributed by atoms with van der Waals surface area (Å²) in [6.45, 7) is 2.51. The summed E-state index contributed by atoms with van der Waals surface area (Å²) in [6, 6.07) is 0. The van der Waals surface area contributed by atoms with Gasteiger partial charge in [-0.3, -0.25) is 0 Å². The van der Waals surface area contributed by atoms with Gasteiger partial charge in [0.15, 0.2) is 0 Å². The Balaban J connectivity index is 2.57. The van der Waals surface area contributed by atoms with Gasteiger partial charge >= 0.3 is 6.09 Å². The number of nitrogens with zero attached hydrogens (tertiary/aromatic N) is 1. The predicted octanol–water partition coefficient (Wildman–Crippen LogP) is -0.252. The van der Waals surface area contributed by atoms with Gasteiger partial charge in [0.1, 0.15) is 5.60 Å². The molecular formula is C7H13NO4. The first-order chi connectivity index (χ1) is 5.57. The third-order valence-electron chi connectivity index (χ3n) is 1.94. The third-order valence-corrected chi connectivity index (χ3v) is 1.94. The molecule has 1 heterocycles. The molecule has 1 saturated heterocycles. The number of rotatable bonds is 1. The molecule has 70 valence electrons. The normalized spacial score (nSPS) is 30.3. The van der Waals surface area contributed by atoms with E-state index in [0.717, 1.165) is 0 Å². The van der Waals surface area contributed by atoms with Gasteiger partial charge in [0.05, 0.1) is 19.8 Å². The summed E-state index contributed by atoms with van der Waals surface area (Å²) >= 11 is 0. The van der Waals surface area contributed by atoms with Crippen molar-refractivity contribution in [3.8, 4) is 0 Å². The number of carbonyl (C=O) groups is 1. The Bertz CT molecular complexity index is 184. The van der Waals surface area contributed by atoms with E-state index in [-0.39, 0.29) is 13.2 Å². The Labute approximate surface area is 70.5 Å². The molecule has 1 fully saturated rings. The van der Waals surface area contributed by atoms with Crippen LogP contribution in [0.5, 0.6) is 0 Å². The van der Waals surface area contributed by atoms with Crippen molar-refractivity contribution >= 4 is 6.09 Å². The summed E-state index contributed by atoms with van der Waals surface area (Å²) in [5.41, 5.74) is -0.726. The van der Waals surface area contributed by atoms with Crippen molar-refractivity contribution in [1.29, 1.82) is 0 Å². The highest BCUT2D eigenvalue weighted by atomic mass is 16.5. The zero-order valence-corrected chi connectivity index (χ0v) is 6.99. The molecule has 1 aliphatic heterocycles. The lowest BCUT2D eigenvalue weighted by atomic mass is 10.1. The highest BCUT2D eigenvalue weighted by molar-refractivity contribution is 5.65. The molecular weight excluding hydrogens is 162 g/mol. The number of hydrogen-bond donors (Lipinski definition) is 2. The fraction of sp³-hybridized carbons (Fsp3) is 0.857. The summed E-state index contributed by atoms with van der Waals surface area (Å²) in [6.07, 6.45) is -0.960. The van der Waals surface area contributed by atoms with Crippen LogP contribution in [0.2, 0.25) is 0 Å². The Morgan fingerprint density at radius 2 is 2.42 bits per heavy atom. The van der Waals surface area contributed by atoms with Gasteiger partial charge < -0.3 is 19.8 Å². The van der Waals surface area contributed by atoms with Crippen molar-refractivity contribution in [3.05, 3.63) is 0 Å². The van der Waals surface area contributed by atoms with Crippen LogP contribution >= 0.6 is 0 Å². The molecule has 0 bridgehead atoms. The number of carboxylic acid groups (broad SMARTS) is 1. The molecule has 0 spiro atoms. The zero-order valence-electron chi connectivity index (χ0n) is 6.99. The van der Waals surface area contributed by atoms with Crippen molar-refractivity contribution in [3.63, 3.8) is 0 Å². The van der Waals surface area contributed by atoms with E-state index in [4.69, 9.17) is 14.9 Å². The lowest BCUT2D eigenvalue weighted by molar-refractivity contribution is -0.114. The van der Waals surface area contributed by atoms with Gasteiger partial charge in [-0.2, -0.15) is 0 Å². The molecule has 0 aromatic rings. The van der Waals surface area contributed by atoms with Gasteiger partial charge in [0.25, 0.3) is 0 Å². The minimum atomic E-state index is -0.960. The molecule has 0 unspecified atom stereocenters. The van der Waals surface area contributed by atoms with Crippen LogP contribution in [-0.2, 0) is 4.74 Å². The first kappa shape index (κ1) is 9.28. The van der Waals surface area contributed by atoms with E-state index in [0.29, 0.717) is 13.2 Å². The molecule has 1 rings (SSSR count). The van der Waals surface area contributed by atoms with Crippen molar-refractivity contribution < 1.29 is 19.7 Å². The number of aliphatic hydroxyl groups is 1. The highest BCUT2D eigenvalue weighted by Gasteiger charge is 2.33. The molecule has 1 amide bonds. The maximum atomic E-state index is 10.5. The van der Waals surface area contributed by atoms with Crippen LogP contribution in [-0.4, -0.2) is 53.1 Å². The molecule has 2 N–H and O–H groups in total. The monoisotopic (exact) mass is 175 g/mol. The van der Waals surface area contributed by atoms with Crippen LogP contribution in [0.15, 0.2) is 0 Å². The Morgan fingerprint density at radius 3 is 2.92 bits per heavy atom. The van der Waals surface area contributed by atoms with Crippen molar-refractivity contribution in [1.82, 2.24) is 4.90 Å². The highest BCUT2D eigenvalue weighted by Crippen LogP contribution is 2.16. The summed E-state index contributed by atoms with van der Waals surface area (Å²) in [5, 5.41) is 17.6. The average Bonchev–Trinajstić information content (AvgIpc) is 2.05. The van der Waals surface area contributed by atoms with Gasteiger partial charge in [-0.25, -0.2) is 4.79 Å². The van der Waals surface area contributed by atoms with Gasteiger partial charge in [0, 0.05) is 6.54 Å². The second kappa shape index (κ2) is 3.28. The SMILES string of the molecule is C[C@]1(CO)CN(C(=O)O)CCO1. The van der Waals surface area contributed by atoms with E-state index < -0.39 is 11.7 Å². The molecule has 0 aromatic carbocycles. The van der Waals surface area contributed by atoms with Crippen LogP contribution in [0.3, 0.4) is 0 Å². The lowest BCUT2D eigenvalue weighted by Gasteiger charge is -2.37. The quantitative estimate of drug-likeness (QED) is 0.576. The van der Waals surface area contributed by atoms with E-state index >= 15 is 0 Å². The van der Waals surface area contributed by atoms with Crippen molar-refractivity contribution in [2.45, 2.75) is 12.5 Å².